The van der Waals surface area contributed by atoms with Crippen molar-refractivity contribution in [3.05, 3.63) is 102 Å². The molecule has 0 radical (unpaired) electrons. The van der Waals surface area contributed by atoms with Crippen LogP contribution in [0.1, 0.15) is 83.1 Å². The van der Waals surface area contributed by atoms with E-state index in [0.29, 0.717) is 0 Å². The van der Waals surface area contributed by atoms with Crippen molar-refractivity contribution in [1.29, 1.82) is 0 Å². The molecule has 7 rings (SSSR count). The highest BCUT2D eigenvalue weighted by molar-refractivity contribution is 9.10. The van der Waals surface area contributed by atoms with E-state index in [1.807, 2.05) is 122 Å². The molecule has 2 aromatic carbocycles. The second-order valence-corrected chi connectivity index (χ2v) is 17.3. The first kappa shape index (κ1) is 40.4. The van der Waals surface area contributed by atoms with Gasteiger partial charge < -0.3 is 27.9 Å². The third kappa shape index (κ3) is 8.92. The Bertz CT molecular complexity index is 1730. The molecule has 0 amide bonds. The van der Waals surface area contributed by atoms with Crippen LogP contribution in [0.2, 0.25) is 0 Å². The fourth-order valence-electron chi connectivity index (χ4n) is 5.51. The van der Waals surface area contributed by atoms with E-state index in [2.05, 4.69) is 77.9 Å². The Balaban J connectivity index is 0.000000155. The van der Waals surface area contributed by atoms with Gasteiger partial charge in [-0.3, -0.25) is 9.97 Å². The van der Waals surface area contributed by atoms with Crippen LogP contribution >= 0.6 is 15.9 Å². The Morgan fingerprint density at radius 3 is 1.17 bits per heavy atom. The summed E-state index contributed by atoms with van der Waals surface area (Å²) in [6.45, 7) is 24.5. The summed E-state index contributed by atoms with van der Waals surface area (Å²) in [5.41, 5.74) is 3.08. The summed E-state index contributed by atoms with van der Waals surface area (Å²) in [4.78, 5) is 8.72. The molecule has 8 nitrogen and oxygen atoms in total. The Morgan fingerprint density at radius 2 is 0.788 bits per heavy atom. The summed E-state index contributed by atoms with van der Waals surface area (Å²) in [6.07, 6.45) is 3.61. The molecule has 0 aliphatic carbocycles. The molecule has 3 aliphatic heterocycles. The molecule has 0 atom stereocenters. The Labute approximate surface area is 320 Å². The molecule has 5 heterocycles. The quantitative estimate of drug-likeness (QED) is 0.191. The van der Waals surface area contributed by atoms with Gasteiger partial charge in [-0.2, -0.15) is 0 Å². The molecule has 4 aromatic rings. The third-order valence-corrected chi connectivity index (χ3v) is 11.4. The van der Waals surface area contributed by atoms with Crippen molar-refractivity contribution in [3.8, 4) is 22.5 Å². The first-order valence-electron chi connectivity index (χ1n) is 17.9. The lowest BCUT2D eigenvalue weighted by molar-refractivity contribution is 0.00578. The van der Waals surface area contributed by atoms with E-state index >= 15 is 0 Å². The monoisotopic (exact) mass is 768 g/mol. The summed E-state index contributed by atoms with van der Waals surface area (Å²) in [6, 6.07) is 28.2. The van der Waals surface area contributed by atoms with Crippen LogP contribution in [-0.2, 0) is 27.9 Å². The minimum Gasteiger partial charge on any atom is -0.405 e. The number of halogens is 1. The van der Waals surface area contributed by atoms with E-state index in [0.717, 1.165) is 32.5 Å². The van der Waals surface area contributed by atoms with Gasteiger partial charge in [-0.1, -0.05) is 76.6 Å². The van der Waals surface area contributed by atoms with Crippen molar-refractivity contribution in [1.82, 2.24) is 9.97 Å². The van der Waals surface area contributed by atoms with E-state index in [4.69, 9.17) is 27.9 Å². The van der Waals surface area contributed by atoms with Gasteiger partial charge in [-0.15, -0.1) is 0 Å². The van der Waals surface area contributed by atoms with Crippen LogP contribution in [-0.4, -0.2) is 64.7 Å². The Kier molecular flexibility index (Phi) is 11.7. The highest BCUT2D eigenvalue weighted by Crippen LogP contribution is 2.43. The molecule has 3 fully saturated rings. The van der Waals surface area contributed by atoms with Gasteiger partial charge in [0.25, 0.3) is 0 Å². The predicted octanol–water partition coefficient (Wildman–Crippen LogP) is 8.81. The van der Waals surface area contributed by atoms with Crippen molar-refractivity contribution in [2.45, 2.75) is 117 Å². The van der Waals surface area contributed by atoms with E-state index in [1.54, 1.807) is 6.20 Å². The van der Waals surface area contributed by atoms with Crippen LogP contribution in [0.4, 0.5) is 0 Å². The van der Waals surface area contributed by atoms with Crippen LogP contribution in [0, 0.1) is 0 Å². The number of pyridine rings is 2. The molecule has 2 aromatic heterocycles. The Hall–Kier alpha value is -2.83. The lowest BCUT2D eigenvalue weighted by Crippen LogP contribution is -2.41. The van der Waals surface area contributed by atoms with Gasteiger partial charge in [0.2, 0.25) is 0 Å². The molecule has 0 unspecified atom stereocenters. The molecule has 0 saturated carbocycles. The van der Waals surface area contributed by atoms with Crippen molar-refractivity contribution in [2.24, 2.45) is 0 Å². The SMILES string of the molecule is Brc1ccnc(-c2ccccc2)c1.CC1(C)OB(B2OC(C)(C)C(C)(C)O2)OC1(C)C.CC1(C)OB(c2ccnc(-c3ccccc3)c2)OC1(C)C. The minimum atomic E-state index is -0.476. The molecular weight excluding hydrogens is 717 g/mol. The first-order chi connectivity index (χ1) is 24.1. The summed E-state index contributed by atoms with van der Waals surface area (Å²) in [5, 5.41) is 0. The fraction of sp³-hybridized carbons (Fsp3) is 0.450. The van der Waals surface area contributed by atoms with Gasteiger partial charge in [0.15, 0.2) is 0 Å². The molecule has 3 aliphatic rings. The highest BCUT2D eigenvalue weighted by Gasteiger charge is 2.63. The predicted molar refractivity (Wildman–Crippen MR) is 215 cm³/mol. The summed E-state index contributed by atoms with van der Waals surface area (Å²) >= 11 is 3.42. The molecule has 274 valence electrons. The zero-order valence-corrected chi connectivity index (χ0v) is 34.3. The van der Waals surface area contributed by atoms with Crippen LogP contribution in [0.15, 0.2) is 102 Å². The summed E-state index contributed by atoms with van der Waals surface area (Å²) in [7, 11) is -1.30. The molecule has 12 heteroatoms. The largest absolute Gasteiger partial charge is 0.494 e. The number of hydrogen-bond donors (Lipinski definition) is 0. The molecule has 0 N–H and O–H groups in total. The van der Waals surface area contributed by atoms with Crippen LogP contribution in [0.3, 0.4) is 0 Å². The summed E-state index contributed by atoms with van der Waals surface area (Å²) in [5.74, 6) is 0. The topological polar surface area (TPSA) is 81.2 Å². The van der Waals surface area contributed by atoms with Crippen molar-refractivity contribution < 1.29 is 27.9 Å². The van der Waals surface area contributed by atoms with Crippen LogP contribution in [0.25, 0.3) is 22.5 Å². The third-order valence-electron chi connectivity index (χ3n) is 10.9. The number of benzene rings is 2. The normalized spacial score (nSPS) is 21.5. The van der Waals surface area contributed by atoms with E-state index < -0.39 is 14.0 Å². The van der Waals surface area contributed by atoms with E-state index in [1.165, 1.54) is 0 Å². The lowest BCUT2D eigenvalue weighted by Gasteiger charge is -2.32. The maximum atomic E-state index is 6.09. The standard InChI is InChI=1S/C17H20BNO2.C12H24B2O4.C11H8BrN/c1-16(2)17(3,4)21-18(20-16)14-10-11-19-15(12-14)13-8-6-5-7-9-13;1-9(2)10(3,4)16-13(15-9)14-17-11(5,6)12(7,8)18-14;12-10-6-7-13-11(8-10)9-4-2-1-3-5-9/h5-12H,1-4H3;1-8H3;1-8H. The average Bonchev–Trinajstić information content (AvgIpc) is 3.55. The highest BCUT2D eigenvalue weighted by atomic mass is 79.9. The molecule has 52 heavy (non-hydrogen) atoms. The van der Waals surface area contributed by atoms with Gasteiger partial charge in [0.05, 0.1) is 45.0 Å². The zero-order chi connectivity index (χ0) is 38.2. The summed E-state index contributed by atoms with van der Waals surface area (Å²) < 4.78 is 37.1. The molecular formula is C40H52B3BrN2O6. The molecule has 3 saturated heterocycles. The van der Waals surface area contributed by atoms with Gasteiger partial charge in [0, 0.05) is 28.0 Å². The number of rotatable bonds is 4. The van der Waals surface area contributed by atoms with E-state index in [9.17, 15) is 0 Å². The van der Waals surface area contributed by atoms with Crippen LogP contribution < -0.4 is 5.46 Å². The fourth-order valence-corrected chi connectivity index (χ4v) is 5.85. The molecule has 0 spiro atoms. The number of aromatic nitrogens is 2. The van der Waals surface area contributed by atoms with Crippen LogP contribution in [0.5, 0.6) is 0 Å². The minimum absolute atomic E-state index is 0.326. The van der Waals surface area contributed by atoms with Gasteiger partial charge >= 0.3 is 21.1 Å². The van der Waals surface area contributed by atoms with Crippen molar-refractivity contribution >= 4 is 42.5 Å². The maximum Gasteiger partial charge on any atom is 0.494 e. The first-order valence-corrected chi connectivity index (χ1v) is 18.7. The molecule has 0 bridgehead atoms. The lowest BCUT2D eigenvalue weighted by atomic mass is 9.49. The van der Waals surface area contributed by atoms with Gasteiger partial charge in [-0.25, -0.2) is 0 Å². The maximum absolute atomic E-state index is 6.09. The Morgan fingerprint density at radius 1 is 0.442 bits per heavy atom. The van der Waals surface area contributed by atoms with Crippen molar-refractivity contribution in [2.75, 3.05) is 0 Å². The van der Waals surface area contributed by atoms with Gasteiger partial charge in [-0.05, 0) is 113 Å². The smallest absolute Gasteiger partial charge is 0.405 e. The second kappa shape index (κ2) is 15.1. The number of hydrogen-bond acceptors (Lipinski definition) is 8. The van der Waals surface area contributed by atoms with Gasteiger partial charge in [0.1, 0.15) is 0 Å². The second-order valence-electron chi connectivity index (χ2n) is 16.4. The average molecular weight is 769 g/mol. The van der Waals surface area contributed by atoms with E-state index in [-0.39, 0.29) is 40.7 Å². The van der Waals surface area contributed by atoms with Crippen molar-refractivity contribution in [3.63, 3.8) is 0 Å². The zero-order valence-electron chi connectivity index (χ0n) is 32.7. The number of nitrogens with zero attached hydrogens (tertiary/aromatic N) is 2.